The van der Waals surface area contributed by atoms with Crippen LogP contribution in [-0.2, 0) is 9.53 Å². The summed E-state index contributed by atoms with van der Waals surface area (Å²) in [7, 11) is 0. The van der Waals surface area contributed by atoms with E-state index in [0.29, 0.717) is 16.0 Å². The number of Topliss-reactive ketones (excluding diaryl/α,β-unsaturated/α-hetero) is 1. The topological polar surface area (TPSA) is 80.8 Å². The minimum absolute atomic E-state index is 0.00302. The fraction of sp³-hybridized carbons (Fsp3) is 0.222. The standard InChI is InChI=1S/C18H15NO5S/c20-14(15-6-3-11-25-15)7-8-16(21)24-10-9-19-17(22)12-4-1-2-5-13(12)18(19)23/h1-6,11H,7-10H2. The second-order valence-corrected chi connectivity index (χ2v) is 6.38. The molecule has 2 heterocycles. The molecule has 0 N–H and O–H groups in total. The van der Waals surface area contributed by atoms with Crippen molar-refractivity contribution in [1.29, 1.82) is 0 Å². The lowest BCUT2D eigenvalue weighted by Crippen LogP contribution is -2.33. The molecule has 0 radical (unpaired) electrons. The van der Waals surface area contributed by atoms with E-state index in [2.05, 4.69) is 0 Å². The number of ether oxygens (including phenoxy) is 1. The number of rotatable bonds is 7. The van der Waals surface area contributed by atoms with E-state index in [0.717, 1.165) is 4.90 Å². The molecule has 0 fully saturated rings. The van der Waals surface area contributed by atoms with Crippen LogP contribution in [0.2, 0.25) is 0 Å². The Balaban J connectivity index is 1.44. The fourth-order valence-corrected chi connectivity index (χ4v) is 3.24. The molecule has 1 aromatic carbocycles. The van der Waals surface area contributed by atoms with Gasteiger partial charge in [-0.2, -0.15) is 0 Å². The summed E-state index contributed by atoms with van der Waals surface area (Å²) in [6.07, 6.45) is 0.0468. The maximum Gasteiger partial charge on any atom is 0.306 e. The first-order valence-corrected chi connectivity index (χ1v) is 8.63. The first-order valence-electron chi connectivity index (χ1n) is 7.75. The Bertz CT molecular complexity index is 793. The molecular formula is C18H15NO5S. The molecule has 1 aromatic heterocycles. The van der Waals surface area contributed by atoms with Crippen molar-refractivity contribution in [1.82, 2.24) is 4.90 Å². The zero-order valence-electron chi connectivity index (χ0n) is 13.3. The third-order valence-electron chi connectivity index (χ3n) is 3.81. The van der Waals surface area contributed by atoms with Crippen molar-refractivity contribution >= 4 is 34.9 Å². The first kappa shape index (κ1) is 17.0. The maximum absolute atomic E-state index is 12.2. The molecule has 0 saturated carbocycles. The minimum atomic E-state index is -0.526. The first-order chi connectivity index (χ1) is 12.1. The number of hydrogen-bond donors (Lipinski definition) is 0. The number of nitrogens with zero attached hydrogens (tertiary/aromatic N) is 1. The van der Waals surface area contributed by atoms with Gasteiger partial charge in [-0.25, -0.2) is 0 Å². The predicted octanol–water partition coefficient (Wildman–Crippen LogP) is 2.55. The van der Waals surface area contributed by atoms with E-state index in [-0.39, 0.29) is 43.6 Å². The summed E-state index contributed by atoms with van der Waals surface area (Å²) < 4.78 is 5.03. The highest BCUT2D eigenvalue weighted by Gasteiger charge is 2.34. The molecule has 0 unspecified atom stereocenters. The van der Waals surface area contributed by atoms with Crippen molar-refractivity contribution in [3.05, 3.63) is 57.8 Å². The Morgan fingerprint density at radius 3 is 2.24 bits per heavy atom. The summed E-state index contributed by atoms with van der Waals surface area (Å²) in [5.74, 6) is -1.40. The molecule has 128 valence electrons. The Morgan fingerprint density at radius 1 is 0.960 bits per heavy atom. The highest BCUT2D eigenvalue weighted by molar-refractivity contribution is 7.12. The molecule has 2 aromatic rings. The predicted molar refractivity (Wildman–Crippen MR) is 90.7 cm³/mol. The molecule has 1 aliphatic heterocycles. The minimum Gasteiger partial charge on any atom is -0.464 e. The van der Waals surface area contributed by atoms with Crippen LogP contribution in [0.3, 0.4) is 0 Å². The van der Waals surface area contributed by atoms with Crippen molar-refractivity contribution in [3.8, 4) is 0 Å². The van der Waals surface area contributed by atoms with Crippen molar-refractivity contribution in [3.63, 3.8) is 0 Å². The summed E-state index contributed by atoms with van der Waals surface area (Å²) in [5.41, 5.74) is 0.723. The van der Waals surface area contributed by atoms with Gasteiger partial charge in [0.1, 0.15) is 6.61 Å². The second-order valence-electron chi connectivity index (χ2n) is 5.43. The monoisotopic (exact) mass is 357 g/mol. The molecule has 6 nitrogen and oxygen atoms in total. The van der Waals surface area contributed by atoms with Crippen LogP contribution in [0, 0.1) is 0 Å². The summed E-state index contributed by atoms with van der Waals surface area (Å²) in [6, 6.07) is 10.1. The lowest BCUT2D eigenvalue weighted by atomic mass is 10.1. The molecule has 0 saturated heterocycles. The van der Waals surface area contributed by atoms with E-state index in [9.17, 15) is 19.2 Å². The molecule has 0 atom stereocenters. The van der Waals surface area contributed by atoms with Crippen molar-refractivity contribution < 1.29 is 23.9 Å². The maximum atomic E-state index is 12.2. The summed E-state index contributed by atoms with van der Waals surface area (Å²) in [4.78, 5) is 49.5. The molecule has 2 amide bonds. The van der Waals surface area contributed by atoms with E-state index in [1.807, 2.05) is 0 Å². The number of benzene rings is 1. The van der Waals surface area contributed by atoms with Gasteiger partial charge in [0, 0.05) is 6.42 Å². The van der Waals surface area contributed by atoms with Gasteiger partial charge in [0.15, 0.2) is 5.78 Å². The number of thiophene rings is 1. The Kier molecular flexibility index (Phi) is 5.04. The van der Waals surface area contributed by atoms with Crippen molar-refractivity contribution in [2.45, 2.75) is 12.8 Å². The van der Waals surface area contributed by atoms with Gasteiger partial charge >= 0.3 is 5.97 Å². The summed E-state index contributed by atoms with van der Waals surface area (Å²) >= 11 is 1.33. The SMILES string of the molecule is O=C(CCC(=O)c1cccs1)OCCN1C(=O)c2ccccc2C1=O. The van der Waals surface area contributed by atoms with E-state index >= 15 is 0 Å². The van der Waals surface area contributed by atoms with E-state index in [1.54, 1.807) is 41.8 Å². The molecule has 7 heteroatoms. The number of ketones is 1. The van der Waals surface area contributed by atoms with Gasteiger partial charge in [-0.1, -0.05) is 18.2 Å². The zero-order valence-corrected chi connectivity index (χ0v) is 14.1. The Morgan fingerprint density at radius 2 is 1.64 bits per heavy atom. The summed E-state index contributed by atoms with van der Waals surface area (Å²) in [6.45, 7) is -0.0888. The molecule has 3 rings (SSSR count). The van der Waals surface area contributed by atoms with Gasteiger partial charge in [-0.3, -0.25) is 24.1 Å². The van der Waals surface area contributed by atoms with Crippen LogP contribution in [0.5, 0.6) is 0 Å². The number of imide groups is 1. The van der Waals surface area contributed by atoms with E-state index in [1.165, 1.54) is 11.3 Å². The van der Waals surface area contributed by atoms with Crippen molar-refractivity contribution in [2.24, 2.45) is 0 Å². The van der Waals surface area contributed by atoms with Gasteiger partial charge in [0.2, 0.25) is 0 Å². The van der Waals surface area contributed by atoms with Crippen LogP contribution >= 0.6 is 11.3 Å². The van der Waals surface area contributed by atoms with E-state index < -0.39 is 5.97 Å². The van der Waals surface area contributed by atoms with E-state index in [4.69, 9.17) is 4.74 Å². The zero-order chi connectivity index (χ0) is 17.8. The van der Waals surface area contributed by atoms with Gasteiger partial charge in [0.05, 0.1) is 29.0 Å². The van der Waals surface area contributed by atoms with Crippen LogP contribution in [0.4, 0.5) is 0 Å². The molecule has 0 spiro atoms. The van der Waals surface area contributed by atoms with Crippen LogP contribution < -0.4 is 0 Å². The van der Waals surface area contributed by atoms with Gasteiger partial charge in [0.25, 0.3) is 11.8 Å². The van der Waals surface area contributed by atoms with Gasteiger partial charge in [-0.05, 0) is 23.6 Å². The lowest BCUT2D eigenvalue weighted by molar-refractivity contribution is -0.143. The van der Waals surface area contributed by atoms with Crippen LogP contribution in [-0.4, -0.2) is 41.6 Å². The fourth-order valence-electron chi connectivity index (χ4n) is 2.54. The van der Waals surface area contributed by atoms with Gasteiger partial charge in [-0.15, -0.1) is 11.3 Å². The lowest BCUT2D eigenvalue weighted by Gasteiger charge is -2.13. The van der Waals surface area contributed by atoms with Crippen LogP contribution in [0.1, 0.15) is 43.2 Å². The Hall–Kier alpha value is -2.80. The highest BCUT2D eigenvalue weighted by Crippen LogP contribution is 2.22. The molecule has 0 bridgehead atoms. The normalized spacial score (nSPS) is 13.0. The van der Waals surface area contributed by atoms with Crippen LogP contribution in [0.15, 0.2) is 41.8 Å². The molecular weight excluding hydrogens is 342 g/mol. The number of fused-ring (bicyclic) bond motifs is 1. The van der Waals surface area contributed by atoms with Crippen LogP contribution in [0.25, 0.3) is 0 Å². The van der Waals surface area contributed by atoms with Gasteiger partial charge < -0.3 is 4.74 Å². The number of hydrogen-bond acceptors (Lipinski definition) is 6. The largest absolute Gasteiger partial charge is 0.464 e. The second kappa shape index (κ2) is 7.40. The number of carbonyl (C=O) groups is 4. The number of carbonyl (C=O) groups excluding carboxylic acids is 4. The molecule has 1 aliphatic rings. The van der Waals surface area contributed by atoms with Crippen molar-refractivity contribution in [2.75, 3.05) is 13.2 Å². The third-order valence-corrected chi connectivity index (χ3v) is 4.72. The smallest absolute Gasteiger partial charge is 0.306 e. The number of esters is 1. The third kappa shape index (κ3) is 3.66. The average molecular weight is 357 g/mol. The number of amides is 2. The average Bonchev–Trinajstić information content (AvgIpc) is 3.23. The Labute approximate surface area is 148 Å². The molecule has 0 aliphatic carbocycles. The summed E-state index contributed by atoms with van der Waals surface area (Å²) in [5, 5.41) is 1.80. The quantitative estimate of drug-likeness (QED) is 0.432. The highest BCUT2D eigenvalue weighted by atomic mass is 32.1. The molecule has 25 heavy (non-hydrogen) atoms.